The van der Waals surface area contributed by atoms with Crippen molar-refractivity contribution >= 4 is 29.1 Å². The molecule has 0 aromatic heterocycles. The average Bonchev–Trinajstić information content (AvgIpc) is 2.89. The fourth-order valence-corrected chi connectivity index (χ4v) is 3.46. The highest BCUT2D eigenvalue weighted by Crippen LogP contribution is 2.28. The third kappa shape index (κ3) is 5.62. The van der Waals surface area contributed by atoms with E-state index in [-0.39, 0.29) is 0 Å². The van der Waals surface area contributed by atoms with Crippen LogP contribution in [0.25, 0.3) is 0 Å². The van der Waals surface area contributed by atoms with Gasteiger partial charge in [0.15, 0.2) is 0 Å². The molecule has 3 amide bonds. The van der Waals surface area contributed by atoms with Gasteiger partial charge in [0, 0.05) is 24.6 Å². The zero-order chi connectivity index (χ0) is 25.0. The summed E-state index contributed by atoms with van der Waals surface area (Å²) in [5, 5.41) is 4.76. The van der Waals surface area contributed by atoms with E-state index < -0.39 is 48.4 Å². The summed E-state index contributed by atoms with van der Waals surface area (Å²) in [6.07, 6.45) is -6.62. The summed E-state index contributed by atoms with van der Waals surface area (Å²) in [6.45, 7) is 2.22. The van der Waals surface area contributed by atoms with Crippen LogP contribution in [0.3, 0.4) is 0 Å². The first kappa shape index (κ1) is 24.9. The van der Waals surface area contributed by atoms with Gasteiger partial charge in [0.25, 0.3) is 5.91 Å². The molecule has 10 heteroatoms. The molecule has 1 aliphatic heterocycles. The second-order valence-electron chi connectivity index (χ2n) is 8.11. The first-order valence-corrected chi connectivity index (χ1v) is 10.7. The van der Waals surface area contributed by atoms with Crippen LogP contribution in [0, 0.1) is 5.92 Å². The molecule has 180 valence electrons. The van der Waals surface area contributed by atoms with Crippen LogP contribution in [0.5, 0.6) is 0 Å². The van der Waals surface area contributed by atoms with Crippen molar-refractivity contribution in [2.24, 2.45) is 10.9 Å². The molecule has 0 saturated carbocycles. The molecule has 2 aromatic carbocycles. The predicted octanol–water partition coefficient (Wildman–Crippen LogP) is 3.04. The Bertz CT molecular complexity index is 1100. The molecule has 1 unspecified atom stereocenters. The zero-order valence-corrected chi connectivity index (χ0v) is 18.9. The van der Waals surface area contributed by atoms with Crippen molar-refractivity contribution in [3.05, 3.63) is 65.7 Å². The minimum Gasteiger partial charge on any atom is -0.345 e. The zero-order valence-electron chi connectivity index (χ0n) is 18.9. The number of nitrogens with one attached hydrogen (secondary N) is 2. The maximum Gasteiger partial charge on any atom is 0.392 e. The van der Waals surface area contributed by atoms with Gasteiger partial charge in [0.1, 0.15) is 6.04 Å². The van der Waals surface area contributed by atoms with E-state index in [0.29, 0.717) is 17.0 Å². The summed E-state index contributed by atoms with van der Waals surface area (Å²) >= 11 is 0. The largest absolute Gasteiger partial charge is 0.392 e. The van der Waals surface area contributed by atoms with Gasteiger partial charge in [0.2, 0.25) is 18.0 Å². The number of benzene rings is 2. The number of rotatable bonds is 6. The van der Waals surface area contributed by atoms with E-state index in [2.05, 4.69) is 15.6 Å². The fourth-order valence-electron chi connectivity index (χ4n) is 3.46. The number of carbonyl (C=O) groups is 3. The molecule has 34 heavy (non-hydrogen) atoms. The standard InChI is InChI=1S/C24H25F3N4O3/c1-14(24(25,26)27)13-19(32)28-15(2)22(33)30-21-23(34)31(3)18-12-8-7-11-17(18)20(29-21)16-9-5-4-6-10-16/h4-12,14-15,21H,13H2,1-3H3,(H,28,32)(H,30,33)/t14?,15-,21+/m0/s1. The Morgan fingerprint density at radius 3 is 2.32 bits per heavy atom. The summed E-state index contributed by atoms with van der Waals surface area (Å²) in [4.78, 5) is 43.7. The van der Waals surface area contributed by atoms with Crippen LogP contribution in [-0.4, -0.2) is 48.9 Å². The van der Waals surface area contributed by atoms with Crippen molar-refractivity contribution in [2.45, 2.75) is 38.7 Å². The third-order valence-corrected chi connectivity index (χ3v) is 5.49. The van der Waals surface area contributed by atoms with Crippen LogP contribution in [-0.2, 0) is 14.4 Å². The van der Waals surface area contributed by atoms with Gasteiger partial charge in [-0.1, -0.05) is 55.5 Å². The number of aliphatic imine (C=N–C) groups is 1. The van der Waals surface area contributed by atoms with Crippen molar-refractivity contribution in [1.82, 2.24) is 10.6 Å². The maximum absolute atomic E-state index is 13.1. The topological polar surface area (TPSA) is 90.9 Å². The lowest BCUT2D eigenvalue weighted by molar-refractivity contribution is -0.174. The molecule has 3 rings (SSSR count). The summed E-state index contributed by atoms with van der Waals surface area (Å²) in [5.41, 5.74) is 2.54. The van der Waals surface area contributed by atoms with Crippen LogP contribution in [0.4, 0.5) is 18.9 Å². The van der Waals surface area contributed by atoms with Crippen LogP contribution >= 0.6 is 0 Å². The average molecular weight is 474 g/mol. The predicted molar refractivity (Wildman–Crippen MR) is 121 cm³/mol. The lowest BCUT2D eigenvalue weighted by atomic mass is 10.0. The highest BCUT2D eigenvalue weighted by atomic mass is 19.4. The number of amides is 3. The second kappa shape index (κ2) is 10.1. The minimum absolute atomic E-state index is 0.495. The Balaban J connectivity index is 1.82. The molecule has 1 heterocycles. The molecule has 0 bridgehead atoms. The molecule has 0 aliphatic carbocycles. The normalized spacial score (nSPS) is 17.7. The van der Waals surface area contributed by atoms with Crippen LogP contribution < -0.4 is 15.5 Å². The van der Waals surface area contributed by atoms with Crippen molar-refractivity contribution in [1.29, 1.82) is 0 Å². The molecule has 0 saturated heterocycles. The summed E-state index contributed by atoms with van der Waals surface area (Å²) in [7, 11) is 1.56. The molecule has 3 atom stereocenters. The molecule has 0 spiro atoms. The number of alkyl halides is 3. The fraction of sp³-hybridized carbons (Fsp3) is 0.333. The molecule has 2 aromatic rings. The number of hydrogen-bond donors (Lipinski definition) is 2. The number of para-hydroxylation sites is 1. The molecular weight excluding hydrogens is 449 g/mol. The van der Waals surface area contributed by atoms with Gasteiger partial charge < -0.3 is 15.5 Å². The van der Waals surface area contributed by atoms with Gasteiger partial charge in [-0.25, -0.2) is 4.99 Å². The van der Waals surface area contributed by atoms with Crippen molar-refractivity contribution in [3.8, 4) is 0 Å². The number of fused-ring (bicyclic) bond motifs is 1. The highest BCUT2D eigenvalue weighted by Gasteiger charge is 2.38. The quantitative estimate of drug-likeness (QED) is 0.674. The van der Waals surface area contributed by atoms with Crippen LogP contribution in [0.2, 0.25) is 0 Å². The SMILES string of the molecule is CC(CC(=O)N[C@@H](C)C(=O)N[C@H]1N=C(c2ccccc2)c2ccccc2N(C)C1=O)C(F)(F)F. The van der Waals surface area contributed by atoms with E-state index in [1.807, 2.05) is 42.5 Å². The van der Waals surface area contributed by atoms with E-state index in [4.69, 9.17) is 0 Å². The Hall–Kier alpha value is -3.69. The van der Waals surface area contributed by atoms with E-state index in [1.165, 1.54) is 11.8 Å². The molecule has 7 nitrogen and oxygen atoms in total. The number of anilines is 1. The third-order valence-electron chi connectivity index (χ3n) is 5.49. The number of benzodiazepines with no additional fused rings is 1. The maximum atomic E-state index is 13.1. The number of halogens is 3. The first-order chi connectivity index (χ1) is 16.0. The van der Waals surface area contributed by atoms with E-state index in [9.17, 15) is 27.6 Å². The van der Waals surface area contributed by atoms with E-state index >= 15 is 0 Å². The summed E-state index contributed by atoms with van der Waals surface area (Å²) in [6, 6.07) is 15.1. The molecular formula is C24H25F3N4O3. The van der Waals surface area contributed by atoms with Crippen molar-refractivity contribution in [2.75, 3.05) is 11.9 Å². The molecule has 1 aliphatic rings. The Morgan fingerprint density at radius 2 is 1.68 bits per heavy atom. The highest BCUT2D eigenvalue weighted by molar-refractivity contribution is 6.20. The first-order valence-electron chi connectivity index (χ1n) is 10.7. The van der Waals surface area contributed by atoms with Gasteiger partial charge >= 0.3 is 6.18 Å². The van der Waals surface area contributed by atoms with Gasteiger partial charge in [-0.05, 0) is 13.0 Å². The van der Waals surface area contributed by atoms with Gasteiger partial charge in [0.05, 0.1) is 17.3 Å². The summed E-state index contributed by atoms with van der Waals surface area (Å²) < 4.78 is 38.1. The number of likely N-dealkylation sites (N-methyl/N-ethyl adjacent to an activating group) is 1. The van der Waals surface area contributed by atoms with Gasteiger partial charge in [-0.2, -0.15) is 13.2 Å². The second-order valence-corrected chi connectivity index (χ2v) is 8.11. The van der Waals surface area contributed by atoms with Crippen LogP contribution in [0.1, 0.15) is 31.4 Å². The Morgan fingerprint density at radius 1 is 1.06 bits per heavy atom. The van der Waals surface area contributed by atoms with E-state index in [1.54, 1.807) is 19.2 Å². The lowest BCUT2D eigenvalue weighted by Gasteiger charge is -2.22. The number of hydrogen-bond acceptors (Lipinski definition) is 4. The van der Waals surface area contributed by atoms with Gasteiger partial charge in [-0.3, -0.25) is 14.4 Å². The van der Waals surface area contributed by atoms with Crippen molar-refractivity contribution < 1.29 is 27.6 Å². The van der Waals surface area contributed by atoms with Gasteiger partial charge in [-0.15, -0.1) is 0 Å². The van der Waals surface area contributed by atoms with Crippen molar-refractivity contribution in [3.63, 3.8) is 0 Å². The Labute approximate surface area is 195 Å². The smallest absolute Gasteiger partial charge is 0.345 e. The summed E-state index contributed by atoms with van der Waals surface area (Å²) in [5.74, 6) is -4.02. The monoisotopic (exact) mass is 474 g/mol. The molecule has 0 radical (unpaired) electrons. The molecule has 2 N–H and O–H groups in total. The molecule has 0 fully saturated rings. The number of carbonyl (C=O) groups excluding carboxylic acids is 3. The number of nitrogens with zero attached hydrogens (tertiary/aromatic N) is 2. The minimum atomic E-state index is -4.52. The Kier molecular flexibility index (Phi) is 7.38. The van der Waals surface area contributed by atoms with E-state index in [0.717, 1.165) is 12.5 Å². The lowest BCUT2D eigenvalue weighted by Crippen LogP contribution is -2.52. The van der Waals surface area contributed by atoms with Crippen LogP contribution in [0.15, 0.2) is 59.6 Å².